The Labute approximate surface area is 145 Å². The van der Waals surface area contributed by atoms with Crippen molar-refractivity contribution in [2.75, 3.05) is 19.1 Å². The summed E-state index contributed by atoms with van der Waals surface area (Å²) >= 11 is 0. The number of carbonyl (C=O) groups is 3. The maximum Gasteiger partial charge on any atom is 0.262 e. The zero-order chi connectivity index (χ0) is 18.1. The number of amides is 1. The first-order valence-corrected chi connectivity index (χ1v) is 7.77. The van der Waals surface area contributed by atoms with Crippen molar-refractivity contribution in [3.8, 4) is 5.75 Å². The summed E-state index contributed by atoms with van der Waals surface area (Å²) < 4.78 is 5.10. The highest BCUT2D eigenvalue weighted by atomic mass is 16.5. The molecule has 1 aliphatic carbocycles. The predicted molar refractivity (Wildman–Crippen MR) is 94.2 cm³/mol. The monoisotopic (exact) mass is 335 g/mol. The molecule has 0 saturated carbocycles. The molecular formula is C20H17NO4. The third-order valence-corrected chi connectivity index (χ3v) is 4.34. The minimum absolute atomic E-state index is 0.0815. The third-order valence-electron chi connectivity index (χ3n) is 4.34. The van der Waals surface area contributed by atoms with Crippen molar-refractivity contribution in [2.45, 2.75) is 6.92 Å². The van der Waals surface area contributed by atoms with E-state index in [9.17, 15) is 14.4 Å². The second-order valence-corrected chi connectivity index (χ2v) is 5.77. The molecule has 0 aliphatic heterocycles. The molecule has 2 aromatic carbocycles. The number of methoxy groups -OCH3 is 1. The standard InChI is InChI=1S/C20H17NO4/c1-12-17(19(23)16-7-5-4-6-15(16)18(12)22)20(24)21(2)13-8-10-14(25-3)11-9-13/h4-11H,1-3H3. The lowest BCUT2D eigenvalue weighted by Crippen LogP contribution is -2.35. The number of rotatable bonds is 3. The molecule has 0 unspecified atom stereocenters. The van der Waals surface area contributed by atoms with Crippen LogP contribution in [0.5, 0.6) is 5.75 Å². The molecule has 0 fully saturated rings. The highest BCUT2D eigenvalue weighted by molar-refractivity contribution is 6.38. The summed E-state index contributed by atoms with van der Waals surface area (Å²) in [5, 5.41) is 0. The number of benzene rings is 2. The molecule has 0 atom stereocenters. The number of ketones is 2. The fourth-order valence-corrected chi connectivity index (χ4v) is 2.85. The average molecular weight is 335 g/mol. The third kappa shape index (κ3) is 2.74. The highest BCUT2D eigenvalue weighted by Crippen LogP contribution is 2.28. The minimum Gasteiger partial charge on any atom is -0.497 e. The van der Waals surface area contributed by atoms with Gasteiger partial charge in [0.2, 0.25) is 0 Å². The van der Waals surface area contributed by atoms with E-state index in [-0.39, 0.29) is 22.5 Å². The van der Waals surface area contributed by atoms with Crippen molar-refractivity contribution in [1.82, 2.24) is 0 Å². The molecule has 126 valence electrons. The van der Waals surface area contributed by atoms with Gasteiger partial charge in [-0.25, -0.2) is 0 Å². The lowest BCUT2D eigenvalue weighted by molar-refractivity contribution is -0.114. The van der Waals surface area contributed by atoms with Crippen molar-refractivity contribution < 1.29 is 19.1 Å². The van der Waals surface area contributed by atoms with Gasteiger partial charge in [0.25, 0.3) is 5.91 Å². The second kappa shape index (κ2) is 6.36. The molecule has 3 rings (SSSR count). The first-order valence-electron chi connectivity index (χ1n) is 7.77. The van der Waals surface area contributed by atoms with Crippen LogP contribution in [0, 0.1) is 0 Å². The van der Waals surface area contributed by atoms with E-state index in [1.54, 1.807) is 62.7 Å². The molecule has 5 nitrogen and oxygen atoms in total. The molecule has 0 saturated heterocycles. The summed E-state index contributed by atoms with van der Waals surface area (Å²) in [7, 11) is 3.13. The van der Waals surface area contributed by atoms with Crippen LogP contribution in [0.3, 0.4) is 0 Å². The van der Waals surface area contributed by atoms with Crippen molar-refractivity contribution in [3.05, 3.63) is 70.8 Å². The zero-order valence-electron chi connectivity index (χ0n) is 14.2. The maximum absolute atomic E-state index is 12.9. The van der Waals surface area contributed by atoms with Gasteiger partial charge in [-0.15, -0.1) is 0 Å². The van der Waals surface area contributed by atoms with E-state index in [1.807, 2.05) is 0 Å². The van der Waals surface area contributed by atoms with Crippen LogP contribution in [0.4, 0.5) is 5.69 Å². The van der Waals surface area contributed by atoms with Crippen molar-refractivity contribution >= 4 is 23.2 Å². The van der Waals surface area contributed by atoms with Crippen LogP contribution in [0.15, 0.2) is 59.7 Å². The summed E-state index contributed by atoms with van der Waals surface area (Å²) in [4.78, 5) is 39.5. The van der Waals surface area contributed by atoms with Gasteiger partial charge in [0.05, 0.1) is 12.7 Å². The number of carbonyl (C=O) groups excluding carboxylic acids is 3. The van der Waals surface area contributed by atoms with Crippen LogP contribution in [0.1, 0.15) is 27.6 Å². The number of likely N-dealkylation sites (N-methyl/N-ethyl adjacent to an activating group) is 1. The molecule has 1 aliphatic rings. The van der Waals surface area contributed by atoms with E-state index in [0.29, 0.717) is 17.0 Å². The fourth-order valence-electron chi connectivity index (χ4n) is 2.85. The van der Waals surface area contributed by atoms with E-state index < -0.39 is 11.7 Å². The first-order chi connectivity index (χ1) is 12.0. The van der Waals surface area contributed by atoms with E-state index in [0.717, 1.165) is 0 Å². The Balaban J connectivity index is 1.99. The lowest BCUT2D eigenvalue weighted by atomic mass is 9.84. The number of allylic oxidation sites excluding steroid dienone is 1. The van der Waals surface area contributed by atoms with Gasteiger partial charge in [0.1, 0.15) is 5.75 Å². The summed E-state index contributed by atoms with van der Waals surface area (Å²) in [5.74, 6) is -0.548. The van der Waals surface area contributed by atoms with Gasteiger partial charge in [-0.3, -0.25) is 14.4 Å². The molecule has 5 heteroatoms. The molecule has 0 heterocycles. The number of ether oxygens (including phenoxy) is 1. The summed E-state index contributed by atoms with van der Waals surface area (Å²) in [6.45, 7) is 1.52. The number of nitrogens with zero attached hydrogens (tertiary/aromatic N) is 1. The van der Waals surface area contributed by atoms with E-state index in [1.165, 1.54) is 11.8 Å². The summed E-state index contributed by atoms with van der Waals surface area (Å²) in [5.41, 5.74) is 1.31. The summed E-state index contributed by atoms with van der Waals surface area (Å²) in [6, 6.07) is 13.4. The molecule has 0 N–H and O–H groups in total. The molecule has 0 aromatic heterocycles. The Kier molecular flexibility index (Phi) is 4.23. The largest absolute Gasteiger partial charge is 0.497 e. The molecule has 2 aromatic rings. The number of hydrogen-bond donors (Lipinski definition) is 0. The Morgan fingerprint density at radius 1 is 0.920 bits per heavy atom. The van der Waals surface area contributed by atoms with E-state index in [2.05, 4.69) is 0 Å². The Morgan fingerprint density at radius 3 is 2.04 bits per heavy atom. The highest BCUT2D eigenvalue weighted by Gasteiger charge is 2.35. The number of hydrogen-bond acceptors (Lipinski definition) is 4. The van der Waals surface area contributed by atoms with Crippen LogP contribution < -0.4 is 9.64 Å². The topological polar surface area (TPSA) is 63.7 Å². The van der Waals surface area contributed by atoms with Crippen molar-refractivity contribution in [2.24, 2.45) is 0 Å². The van der Waals surface area contributed by atoms with Gasteiger partial charge in [-0.1, -0.05) is 24.3 Å². The van der Waals surface area contributed by atoms with Gasteiger partial charge in [0, 0.05) is 29.4 Å². The molecule has 1 amide bonds. The molecule has 0 bridgehead atoms. The normalized spacial score (nSPS) is 13.6. The summed E-state index contributed by atoms with van der Waals surface area (Å²) in [6.07, 6.45) is 0. The van der Waals surface area contributed by atoms with Gasteiger partial charge in [-0.2, -0.15) is 0 Å². The van der Waals surface area contributed by atoms with Gasteiger partial charge in [-0.05, 0) is 31.2 Å². The van der Waals surface area contributed by atoms with E-state index in [4.69, 9.17) is 4.74 Å². The van der Waals surface area contributed by atoms with Crippen LogP contribution in [0.2, 0.25) is 0 Å². The van der Waals surface area contributed by atoms with Gasteiger partial charge < -0.3 is 9.64 Å². The lowest BCUT2D eigenvalue weighted by Gasteiger charge is -2.23. The second-order valence-electron chi connectivity index (χ2n) is 5.77. The van der Waals surface area contributed by atoms with Gasteiger partial charge in [0.15, 0.2) is 11.6 Å². The molecule has 25 heavy (non-hydrogen) atoms. The fraction of sp³-hybridized carbons (Fsp3) is 0.150. The molecule has 0 spiro atoms. The number of anilines is 1. The first kappa shape index (κ1) is 16.6. The Morgan fingerprint density at radius 2 is 1.48 bits per heavy atom. The number of Topliss-reactive ketones (excluding diaryl/α,β-unsaturated/α-hetero) is 2. The molecule has 0 radical (unpaired) electrons. The van der Waals surface area contributed by atoms with Crippen LogP contribution in [-0.4, -0.2) is 31.6 Å². The zero-order valence-corrected chi connectivity index (χ0v) is 14.2. The SMILES string of the molecule is COc1ccc(N(C)C(=O)C2=C(C)C(=O)c3ccccc3C2=O)cc1. The molecular weight excluding hydrogens is 318 g/mol. The van der Waals surface area contributed by atoms with Crippen LogP contribution >= 0.6 is 0 Å². The Bertz CT molecular complexity index is 910. The number of fused-ring (bicyclic) bond motifs is 1. The van der Waals surface area contributed by atoms with Crippen LogP contribution in [-0.2, 0) is 4.79 Å². The quantitative estimate of drug-likeness (QED) is 0.809. The van der Waals surface area contributed by atoms with Crippen molar-refractivity contribution in [3.63, 3.8) is 0 Å². The smallest absolute Gasteiger partial charge is 0.262 e. The Hall–Kier alpha value is -3.21. The van der Waals surface area contributed by atoms with E-state index >= 15 is 0 Å². The minimum atomic E-state index is -0.504. The average Bonchev–Trinajstić information content (AvgIpc) is 2.65. The maximum atomic E-state index is 12.9. The van der Waals surface area contributed by atoms with Crippen molar-refractivity contribution in [1.29, 1.82) is 0 Å². The predicted octanol–water partition coefficient (Wildman–Crippen LogP) is 3.05. The van der Waals surface area contributed by atoms with Gasteiger partial charge >= 0.3 is 0 Å². The van der Waals surface area contributed by atoms with Crippen LogP contribution in [0.25, 0.3) is 0 Å².